The van der Waals surface area contributed by atoms with Crippen LogP contribution in [0.2, 0.25) is 0 Å². The molecule has 0 fully saturated rings. The standard InChI is InChI=1S/C42H37N/c1-4-12-29-23-24-42(3,38-18-11-14-31-26-30-13-5-6-15-34(30)41(31)38)27-37(29)33-22-21-32(25-28(33)2)43-39-19-9-7-16-35(39)36-17-8-10-20-40(36)43/h5-11,13-23,25,27H,4,12,24,26H2,1-3H3. The number of fused-ring (bicyclic) bond motifs is 6. The Labute approximate surface area is 254 Å². The van der Waals surface area contributed by atoms with Crippen molar-refractivity contribution in [2.45, 2.75) is 51.9 Å². The lowest BCUT2D eigenvalue weighted by Crippen LogP contribution is -2.23. The van der Waals surface area contributed by atoms with Gasteiger partial charge in [-0.3, -0.25) is 0 Å². The maximum atomic E-state index is 2.61. The number of aryl methyl sites for hydroxylation is 1. The Morgan fingerprint density at radius 3 is 2.16 bits per heavy atom. The smallest absolute Gasteiger partial charge is 0.0541 e. The van der Waals surface area contributed by atoms with Gasteiger partial charge in [0, 0.05) is 21.9 Å². The van der Waals surface area contributed by atoms with E-state index in [0.29, 0.717) is 0 Å². The highest BCUT2D eigenvalue weighted by molar-refractivity contribution is 6.09. The van der Waals surface area contributed by atoms with Gasteiger partial charge in [0.05, 0.1) is 11.0 Å². The summed E-state index contributed by atoms with van der Waals surface area (Å²) in [6.45, 7) is 7.04. The summed E-state index contributed by atoms with van der Waals surface area (Å²) in [5.41, 5.74) is 16.5. The van der Waals surface area contributed by atoms with Crippen LogP contribution in [0.3, 0.4) is 0 Å². The summed E-state index contributed by atoms with van der Waals surface area (Å²) in [6, 6.07) is 40.6. The SMILES string of the molecule is CCCC1=CCC(C)(c2cccc3c2-c2ccccc2C3)C=C1c1ccc(-n2c3ccccc3c3ccccc32)cc1C. The van der Waals surface area contributed by atoms with E-state index in [-0.39, 0.29) is 5.41 Å². The van der Waals surface area contributed by atoms with Gasteiger partial charge < -0.3 is 4.57 Å². The number of hydrogen-bond acceptors (Lipinski definition) is 0. The van der Waals surface area contributed by atoms with E-state index in [1.54, 1.807) is 0 Å². The van der Waals surface area contributed by atoms with Crippen molar-refractivity contribution in [3.05, 3.63) is 155 Å². The first-order valence-corrected chi connectivity index (χ1v) is 15.8. The molecule has 0 N–H and O–H groups in total. The summed E-state index contributed by atoms with van der Waals surface area (Å²) in [4.78, 5) is 0. The topological polar surface area (TPSA) is 4.93 Å². The van der Waals surface area contributed by atoms with Gasteiger partial charge >= 0.3 is 0 Å². The van der Waals surface area contributed by atoms with Gasteiger partial charge in [-0.05, 0) is 101 Å². The van der Waals surface area contributed by atoms with E-state index in [4.69, 9.17) is 0 Å². The Balaban J connectivity index is 1.27. The Bertz CT molecular complexity index is 2060. The maximum Gasteiger partial charge on any atom is 0.0541 e. The van der Waals surface area contributed by atoms with Gasteiger partial charge in [0.2, 0.25) is 0 Å². The highest BCUT2D eigenvalue weighted by Gasteiger charge is 2.34. The number of aromatic nitrogens is 1. The first-order chi connectivity index (χ1) is 21.1. The van der Waals surface area contributed by atoms with Crippen LogP contribution in [0.1, 0.15) is 60.9 Å². The van der Waals surface area contributed by atoms with Gasteiger partial charge in [-0.15, -0.1) is 0 Å². The van der Waals surface area contributed by atoms with Crippen molar-refractivity contribution in [3.8, 4) is 16.8 Å². The summed E-state index contributed by atoms with van der Waals surface area (Å²) < 4.78 is 2.42. The third-order valence-corrected chi connectivity index (χ3v) is 9.87. The Morgan fingerprint density at radius 1 is 0.721 bits per heavy atom. The monoisotopic (exact) mass is 555 g/mol. The Kier molecular flexibility index (Phi) is 6.05. The summed E-state index contributed by atoms with van der Waals surface area (Å²) >= 11 is 0. The van der Waals surface area contributed by atoms with Crippen molar-refractivity contribution in [2.75, 3.05) is 0 Å². The van der Waals surface area contributed by atoms with Crippen LogP contribution in [0.25, 0.3) is 44.2 Å². The molecule has 0 saturated carbocycles. The number of rotatable bonds is 5. The normalized spacial score (nSPS) is 17.6. The van der Waals surface area contributed by atoms with Crippen LogP contribution in [0, 0.1) is 6.92 Å². The molecule has 0 radical (unpaired) electrons. The lowest BCUT2D eigenvalue weighted by atomic mass is 9.70. The molecular formula is C42H37N. The van der Waals surface area contributed by atoms with Gasteiger partial charge in [0.25, 0.3) is 0 Å². The van der Waals surface area contributed by atoms with E-state index in [1.165, 1.54) is 77.6 Å². The lowest BCUT2D eigenvalue weighted by Gasteiger charge is -2.34. The number of nitrogens with zero attached hydrogens (tertiary/aromatic N) is 1. The minimum atomic E-state index is -0.0761. The predicted octanol–water partition coefficient (Wildman–Crippen LogP) is 11.1. The second-order valence-electron chi connectivity index (χ2n) is 12.7. The quantitative estimate of drug-likeness (QED) is 0.199. The van der Waals surface area contributed by atoms with Gasteiger partial charge in [-0.25, -0.2) is 0 Å². The zero-order valence-electron chi connectivity index (χ0n) is 25.3. The summed E-state index contributed by atoms with van der Waals surface area (Å²) in [6.07, 6.45) is 9.46. The highest BCUT2D eigenvalue weighted by atomic mass is 15.0. The second-order valence-corrected chi connectivity index (χ2v) is 12.7. The fraction of sp³-hybridized carbons (Fsp3) is 0.190. The molecular weight excluding hydrogens is 518 g/mol. The molecule has 8 rings (SSSR count). The minimum absolute atomic E-state index is 0.0761. The molecule has 1 unspecified atom stereocenters. The molecule has 2 aliphatic rings. The van der Waals surface area contributed by atoms with Gasteiger partial charge in [-0.2, -0.15) is 0 Å². The number of allylic oxidation sites excluding steroid dienone is 4. The third-order valence-electron chi connectivity index (χ3n) is 9.87. The summed E-state index contributed by atoms with van der Waals surface area (Å²) in [5.74, 6) is 0. The molecule has 6 aromatic rings. The fourth-order valence-electron chi connectivity index (χ4n) is 7.81. The van der Waals surface area contributed by atoms with E-state index in [2.05, 4.69) is 147 Å². The van der Waals surface area contributed by atoms with Crippen LogP contribution in [0.15, 0.2) is 127 Å². The van der Waals surface area contributed by atoms with Crippen LogP contribution in [0.5, 0.6) is 0 Å². The van der Waals surface area contributed by atoms with Crippen LogP contribution in [-0.2, 0) is 11.8 Å². The molecule has 1 aromatic heterocycles. The van der Waals surface area contributed by atoms with Crippen LogP contribution >= 0.6 is 0 Å². The zero-order chi connectivity index (χ0) is 29.1. The van der Waals surface area contributed by atoms with Gasteiger partial charge in [0.15, 0.2) is 0 Å². The number of para-hydroxylation sites is 2. The Morgan fingerprint density at radius 2 is 1.42 bits per heavy atom. The third kappa shape index (κ3) is 4.06. The molecule has 0 amide bonds. The van der Waals surface area contributed by atoms with Crippen LogP contribution in [-0.4, -0.2) is 4.57 Å². The molecule has 0 spiro atoms. The average molecular weight is 556 g/mol. The molecule has 43 heavy (non-hydrogen) atoms. The number of benzene rings is 5. The first kappa shape index (κ1) is 26.0. The maximum absolute atomic E-state index is 2.61. The molecule has 0 bridgehead atoms. The van der Waals surface area contributed by atoms with Crippen molar-refractivity contribution < 1.29 is 0 Å². The molecule has 1 atom stereocenters. The van der Waals surface area contributed by atoms with E-state index in [1.807, 2.05) is 0 Å². The molecule has 0 saturated heterocycles. The van der Waals surface area contributed by atoms with E-state index in [9.17, 15) is 0 Å². The van der Waals surface area contributed by atoms with E-state index < -0.39 is 0 Å². The van der Waals surface area contributed by atoms with Crippen molar-refractivity contribution in [2.24, 2.45) is 0 Å². The first-order valence-electron chi connectivity index (χ1n) is 15.8. The fourth-order valence-corrected chi connectivity index (χ4v) is 7.81. The lowest BCUT2D eigenvalue weighted by molar-refractivity contribution is 0.598. The van der Waals surface area contributed by atoms with E-state index >= 15 is 0 Å². The average Bonchev–Trinajstić information content (AvgIpc) is 3.58. The van der Waals surface area contributed by atoms with Crippen molar-refractivity contribution in [3.63, 3.8) is 0 Å². The second kappa shape index (κ2) is 9.99. The van der Waals surface area contributed by atoms with Gasteiger partial charge in [0.1, 0.15) is 0 Å². The molecule has 2 aliphatic carbocycles. The molecule has 1 nitrogen and oxygen atoms in total. The predicted molar refractivity (Wildman–Crippen MR) is 183 cm³/mol. The van der Waals surface area contributed by atoms with Crippen molar-refractivity contribution >= 4 is 27.4 Å². The molecule has 1 heteroatoms. The molecule has 1 heterocycles. The van der Waals surface area contributed by atoms with Gasteiger partial charge in [-0.1, -0.05) is 117 Å². The molecule has 0 aliphatic heterocycles. The largest absolute Gasteiger partial charge is 0.309 e. The highest BCUT2D eigenvalue weighted by Crippen LogP contribution is 2.48. The van der Waals surface area contributed by atoms with Crippen LogP contribution < -0.4 is 0 Å². The summed E-state index contributed by atoms with van der Waals surface area (Å²) in [5, 5.41) is 2.60. The molecule has 5 aromatic carbocycles. The molecule has 210 valence electrons. The van der Waals surface area contributed by atoms with Crippen LogP contribution in [0.4, 0.5) is 0 Å². The zero-order valence-corrected chi connectivity index (χ0v) is 25.3. The Hall–Kier alpha value is -4.62. The minimum Gasteiger partial charge on any atom is -0.309 e. The summed E-state index contributed by atoms with van der Waals surface area (Å²) in [7, 11) is 0. The van der Waals surface area contributed by atoms with Crippen molar-refractivity contribution in [1.29, 1.82) is 0 Å². The van der Waals surface area contributed by atoms with Crippen molar-refractivity contribution in [1.82, 2.24) is 4.57 Å². The van der Waals surface area contributed by atoms with E-state index in [0.717, 1.165) is 25.7 Å². The number of hydrogen-bond donors (Lipinski definition) is 0.